The van der Waals surface area contributed by atoms with Gasteiger partial charge in [0, 0.05) is 46.9 Å². The zero-order valence-corrected chi connectivity index (χ0v) is 20.1. The molecule has 0 aliphatic carbocycles. The van der Waals surface area contributed by atoms with Gasteiger partial charge in [0.05, 0.1) is 6.10 Å². The van der Waals surface area contributed by atoms with Crippen LogP contribution in [0.4, 0.5) is 4.39 Å². The third kappa shape index (κ3) is 7.91. The quantitative estimate of drug-likeness (QED) is 0.314. The largest absolute Gasteiger partial charge is 0.375 e. The normalized spacial score (nSPS) is 12.0. The summed E-state index contributed by atoms with van der Waals surface area (Å²) in [6, 6.07) is 13.9. The molecule has 8 heteroatoms. The standard InChI is InChI=1S/C22H29FN4O2.HI/c1-24-22(26-15-20(29-4)17-8-10-19(23)11-9-17)25-13-12-16-6-5-7-18(14-16)21(28)27(2)3;/h5-11,14,20H,12-13,15H2,1-4H3,(H2,24,25,26);1H. The van der Waals surface area contributed by atoms with Crippen molar-refractivity contribution in [2.75, 3.05) is 41.3 Å². The van der Waals surface area contributed by atoms with Crippen LogP contribution in [-0.4, -0.2) is 58.1 Å². The van der Waals surface area contributed by atoms with Crippen LogP contribution in [0.2, 0.25) is 0 Å². The third-order valence-corrected chi connectivity index (χ3v) is 4.49. The van der Waals surface area contributed by atoms with Gasteiger partial charge in [0.1, 0.15) is 5.82 Å². The number of carbonyl (C=O) groups excluding carboxylic acids is 1. The van der Waals surface area contributed by atoms with Gasteiger partial charge in [-0.1, -0.05) is 24.3 Å². The van der Waals surface area contributed by atoms with Crippen LogP contribution in [0.3, 0.4) is 0 Å². The highest BCUT2D eigenvalue weighted by Crippen LogP contribution is 2.16. The van der Waals surface area contributed by atoms with Crippen LogP contribution in [0.1, 0.15) is 27.6 Å². The number of hydrogen-bond donors (Lipinski definition) is 2. The van der Waals surface area contributed by atoms with Gasteiger partial charge in [0.15, 0.2) is 5.96 Å². The number of benzene rings is 2. The molecular weight excluding hydrogens is 498 g/mol. The number of guanidine groups is 1. The zero-order valence-electron chi connectivity index (χ0n) is 17.8. The molecule has 0 aliphatic heterocycles. The Hall–Kier alpha value is -2.20. The summed E-state index contributed by atoms with van der Waals surface area (Å²) in [6.45, 7) is 1.15. The summed E-state index contributed by atoms with van der Waals surface area (Å²) in [6.07, 6.45) is 0.531. The Bertz CT molecular complexity index is 828. The number of rotatable bonds is 8. The van der Waals surface area contributed by atoms with E-state index in [4.69, 9.17) is 4.74 Å². The van der Waals surface area contributed by atoms with E-state index in [1.165, 1.54) is 12.1 Å². The van der Waals surface area contributed by atoms with Crippen molar-refractivity contribution in [2.24, 2.45) is 4.99 Å². The maximum Gasteiger partial charge on any atom is 0.253 e. The number of amides is 1. The molecule has 6 nitrogen and oxygen atoms in total. The minimum Gasteiger partial charge on any atom is -0.375 e. The fourth-order valence-corrected chi connectivity index (χ4v) is 2.87. The fraction of sp³-hybridized carbons (Fsp3) is 0.364. The Morgan fingerprint density at radius 2 is 1.87 bits per heavy atom. The molecular formula is C22H30FIN4O2. The zero-order chi connectivity index (χ0) is 21.2. The van der Waals surface area contributed by atoms with Gasteiger partial charge in [-0.2, -0.15) is 0 Å². The van der Waals surface area contributed by atoms with E-state index in [0.29, 0.717) is 24.6 Å². The van der Waals surface area contributed by atoms with Crippen molar-refractivity contribution < 1.29 is 13.9 Å². The highest BCUT2D eigenvalue weighted by atomic mass is 127. The van der Waals surface area contributed by atoms with Gasteiger partial charge in [0.2, 0.25) is 0 Å². The lowest BCUT2D eigenvalue weighted by Gasteiger charge is -2.19. The first kappa shape index (κ1) is 25.8. The van der Waals surface area contributed by atoms with E-state index in [-0.39, 0.29) is 41.8 Å². The molecule has 2 aromatic rings. The molecule has 0 aliphatic rings. The van der Waals surface area contributed by atoms with Gasteiger partial charge in [0.25, 0.3) is 5.91 Å². The average molecular weight is 528 g/mol. The van der Waals surface area contributed by atoms with Gasteiger partial charge in [-0.3, -0.25) is 9.79 Å². The molecule has 1 atom stereocenters. The maximum absolute atomic E-state index is 13.1. The summed E-state index contributed by atoms with van der Waals surface area (Å²) in [4.78, 5) is 17.9. The second kappa shape index (κ2) is 13.2. The fourth-order valence-electron chi connectivity index (χ4n) is 2.87. The van der Waals surface area contributed by atoms with Crippen LogP contribution in [0, 0.1) is 5.82 Å². The van der Waals surface area contributed by atoms with Crippen molar-refractivity contribution in [1.82, 2.24) is 15.5 Å². The van der Waals surface area contributed by atoms with Gasteiger partial charge < -0.3 is 20.3 Å². The summed E-state index contributed by atoms with van der Waals surface area (Å²) in [5.41, 5.74) is 2.64. The first-order chi connectivity index (χ1) is 13.9. The van der Waals surface area contributed by atoms with Crippen LogP contribution in [0.15, 0.2) is 53.5 Å². The monoisotopic (exact) mass is 528 g/mol. The summed E-state index contributed by atoms with van der Waals surface area (Å²) < 4.78 is 18.6. The number of halogens is 2. The van der Waals surface area contributed by atoms with Crippen LogP contribution in [0.5, 0.6) is 0 Å². The van der Waals surface area contributed by atoms with Crippen molar-refractivity contribution >= 4 is 35.8 Å². The van der Waals surface area contributed by atoms with E-state index < -0.39 is 0 Å². The van der Waals surface area contributed by atoms with Crippen molar-refractivity contribution in [1.29, 1.82) is 0 Å². The molecule has 0 fully saturated rings. The van der Waals surface area contributed by atoms with Crippen molar-refractivity contribution in [3.63, 3.8) is 0 Å². The van der Waals surface area contributed by atoms with Crippen LogP contribution < -0.4 is 10.6 Å². The predicted molar refractivity (Wildman–Crippen MR) is 129 cm³/mol. The van der Waals surface area contributed by atoms with E-state index >= 15 is 0 Å². The molecule has 0 radical (unpaired) electrons. The highest BCUT2D eigenvalue weighted by molar-refractivity contribution is 14.0. The summed E-state index contributed by atoms with van der Waals surface area (Å²) in [5.74, 6) is 0.365. The molecule has 0 saturated carbocycles. The summed E-state index contributed by atoms with van der Waals surface area (Å²) >= 11 is 0. The molecule has 2 N–H and O–H groups in total. The van der Waals surface area contributed by atoms with Gasteiger partial charge >= 0.3 is 0 Å². The van der Waals surface area contributed by atoms with E-state index in [1.807, 2.05) is 24.3 Å². The molecule has 2 rings (SSSR count). The SMILES string of the molecule is CN=C(NCCc1cccc(C(=O)N(C)C)c1)NCC(OC)c1ccc(F)cc1.I. The number of methoxy groups -OCH3 is 1. The number of aliphatic imine (C=N–C) groups is 1. The molecule has 164 valence electrons. The Kier molecular flexibility index (Phi) is 11.3. The molecule has 0 heterocycles. The third-order valence-electron chi connectivity index (χ3n) is 4.49. The molecule has 1 unspecified atom stereocenters. The Balaban J connectivity index is 0.00000450. The maximum atomic E-state index is 13.1. The molecule has 0 aromatic heterocycles. The number of carbonyl (C=O) groups is 1. The topological polar surface area (TPSA) is 66.0 Å². The van der Waals surface area contributed by atoms with Crippen molar-refractivity contribution in [3.8, 4) is 0 Å². The van der Waals surface area contributed by atoms with Crippen LogP contribution in [-0.2, 0) is 11.2 Å². The van der Waals surface area contributed by atoms with E-state index in [2.05, 4.69) is 15.6 Å². The molecule has 30 heavy (non-hydrogen) atoms. The molecule has 0 bridgehead atoms. The smallest absolute Gasteiger partial charge is 0.253 e. The lowest BCUT2D eigenvalue weighted by atomic mass is 10.1. The van der Waals surface area contributed by atoms with Gasteiger partial charge in [-0.25, -0.2) is 4.39 Å². The summed E-state index contributed by atoms with van der Waals surface area (Å²) in [7, 11) is 6.80. The molecule has 2 aromatic carbocycles. The molecule has 1 amide bonds. The number of ether oxygens (including phenoxy) is 1. The number of nitrogens with one attached hydrogen (secondary N) is 2. The number of nitrogens with zero attached hydrogens (tertiary/aromatic N) is 2. The highest BCUT2D eigenvalue weighted by Gasteiger charge is 2.12. The molecule has 0 spiro atoms. The molecule has 0 saturated heterocycles. The number of hydrogen-bond acceptors (Lipinski definition) is 3. The lowest BCUT2D eigenvalue weighted by Crippen LogP contribution is -2.40. The Morgan fingerprint density at radius 3 is 2.47 bits per heavy atom. The van der Waals surface area contributed by atoms with Crippen LogP contribution >= 0.6 is 24.0 Å². The summed E-state index contributed by atoms with van der Waals surface area (Å²) in [5, 5.41) is 6.48. The van der Waals surface area contributed by atoms with E-state index in [9.17, 15) is 9.18 Å². The first-order valence-electron chi connectivity index (χ1n) is 9.48. The van der Waals surface area contributed by atoms with Crippen molar-refractivity contribution in [3.05, 3.63) is 71.0 Å². The van der Waals surface area contributed by atoms with E-state index in [1.54, 1.807) is 45.3 Å². The van der Waals surface area contributed by atoms with Gasteiger partial charge in [-0.15, -0.1) is 24.0 Å². The minimum absolute atomic E-state index is 0. The lowest BCUT2D eigenvalue weighted by molar-refractivity contribution is 0.0827. The first-order valence-corrected chi connectivity index (χ1v) is 9.48. The van der Waals surface area contributed by atoms with Gasteiger partial charge in [-0.05, 0) is 41.8 Å². The second-order valence-corrected chi connectivity index (χ2v) is 6.81. The van der Waals surface area contributed by atoms with Crippen LogP contribution in [0.25, 0.3) is 0 Å². The predicted octanol–water partition coefficient (Wildman–Crippen LogP) is 3.24. The minimum atomic E-state index is -0.273. The Labute approximate surface area is 194 Å². The van der Waals surface area contributed by atoms with Crippen molar-refractivity contribution in [2.45, 2.75) is 12.5 Å². The Morgan fingerprint density at radius 1 is 1.17 bits per heavy atom. The average Bonchev–Trinajstić information content (AvgIpc) is 2.73. The second-order valence-electron chi connectivity index (χ2n) is 6.81. The van der Waals surface area contributed by atoms with E-state index in [0.717, 1.165) is 17.5 Å².